The molecule has 0 spiro atoms. The fraction of sp³-hybridized carbons (Fsp3) is 0.143. The number of hydrogen-bond acceptors (Lipinski definition) is 1. The van der Waals surface area contributed by atoms with Crippen molar-refractivity contribution in [2.24, 2.45) is 0 Å². The number of rotatable bonds is 3. The molecule has 1 aromatic rings. The molecule has 1 heteroatoms. The molecule has 0 saturated heterocycles. The van der Waals surface area contributed by atoms with Crippen molar-refractivity contribution < 1.29 is 0 Å². The van der Waals surface area contributed by atoms with Crippen LogP contribution in [0.5, 0.6) is 0 Å². The molecule has 0 amide bonds. The summed E-state index contributed by atoms with van der Waals surface area (Å²) in [6.45, 7) is 3.83. The van der Waals surface area contributed by atoms with Gasteiger partial charge in [0.05, 0.1) is 5.54 Å². The van der Waals surface area contributed by atoms with E-state index < -0.39 is 0 Å². The Bertz CT molecular complexity index is 385. The first kappa shape index (κ1) is 9.78. The van der Waals surface area contributed by atoms with Crippen LogP contribution in [-0.4, -0.2) is 0 Å². The highest BCUT2D eigenvalue weighted by Gasteiger charge is 2.26. The molecule has 1 aromatic carbocycles. The second-order valence-electron chi connectivity index (χ2n) is 3.69. The number of benzene rings is 1. The highest BCUT2D eigenvalue weighted by molar-refractivity contribution is 5.34. The number of allylic oxidation sites excluding steroid dienone is 2. The molecule has 0 bridgehead atoms. The Labute approximate surface area is 90.8 Å². The molecule has 1 unspecified atom stereocenters. The summed E-state index contributed by atoms with van der Waals surface area (Å²) in [7, 11) is 0. The zero-order chi connectivity index (χ0) is 10.6. The second-order valence-corrected chi connectivity index (χ2v) is 3.69. The minimum atomic E-state index is -0.113. The smallest absolute Gasteiger partial charge is 0.0842 e. The molecule has 1 atom stereocenters. The Hall–Kier alpha value is -1.76. The van der Waals surface area contributed by atoms with Crippen LogP contribution in [0.25, 0.3) is 0 Å². The third-order valence-corrected chi connectivity index (χ3v) is 2.68. The van der Waals surface area contributed by atoms with Crippen molar-refractivity contribution in [3.05, 3.63) is 73.0 Å². The molecular formula is C14H15N. The summed E-state index contributed by atoms with van der Waals surface area (Å²) >= 11 is 0. The van der Waals surface area contributed by atoms with Gasteiger partial charge in [-0.2, -0.15) is 0 Å². The van der Waals surface area contributed by atoms with Crippen molar-refractivity contribution >= 4 is 0 Å². The molecular weight excluding hydrogens is 182 g/mol. The van der Waals surface area contributed by atoms with E-state index in [4.69, 9.17) is 0 Å². The first-order valence-electron chi connectivity index (χ1n) is 5.16. The molecule has 76 valence electrons. The van der Waals surface area contributed by atoms with Gasteiger partial charge < -0.3 is 5.32 Å². The predicted octanol–water partition coefficient (Wildman–Crippen LogP) is 3.13. The third kappa shape index (κ3) is 1.86. The number of nitrogens with one attached hydrogen (secondary N) is 1. The maximum absolute atomic E-state index is 3.83. The lowest BCUT2D eigenvalue weighted by atomic mass is 9.85. The van der Waals surface area contributed by atoms with Crippen LogP contribution in [-0.2, 0) is 5.54 Å². The van der Waals surface area contributed by atoms with Crippen molar-refractivity contribution in [2.45, 2.75) is 12.0 Å². The molecule has 0 saturated carbocycles. The Morgan fingerprint density at radius 3 is 2.60 bits per heavy atom. The summed E-state index contributed by atoms with van der Waals surface area (Å²) in [5.41, 5.74) is 1.16. The van der Waals surface area contributed by atoms with Crippen LogP contribution in [0.1, 0.15) is 12.0 Å². The van der Waals surface area contributed by atoms with Crippen LogP contribution in [0.3, 0.4) is 0 Å². The van der Waals surface area contributed by atoms with Crippen LogP contribution in [0.2, 0.25) is 0 Å². The summed E-state index contributed by atoms with van der Waals surface area (Å²) in [5.74, 6) is 0. The highest BCUT2D eigenvalue weighted by Crippen LogP contribution is 2.28. The van der Waals surface area contributed by atoms with Gasteiger partial charge in [-0.3, -0.25) is 0 Å². The molecule has 1 N–H and O–H groups in total. The topological polar surface area (TPSA) is 12.0 Å². The van der Waals surface area contributed by atoms with Gasteiger partial charge in [-0.25, -0.2) is 0 Å². The van der Waals surface area contributed by atoms with E-state index in [2.05, 4.69) is 48.3 Å². The fourth-order valence-electron chi connectivity index (χ4n) is 1.91. The van der Waals surface area contributed by atoms with Crippen molar-refractivity contribution in [2.75, 3.05) is 0 Å². The van der Waals surface area contributed by atoms with E-state index in [0.717, 1.165) is 6.42 Å². The largest absolute Gasteiger partial charge is 0.378 e. The van der Waals surface area contributed by atoms with Gasteiger partial charge in [0.25, 0.3) is 0 Å². The van der Waals surface area contributed by atoms with Crippen LogP contribution < -0.4 is 5.32 Å². The molecule has 2 rings (SSSR count). The normalized spacial score (nSPS) is 23.5. The van der Waals surface area contributed by atoms with Gasteiger partial charge in [0, 0.05) is 0 Å². The van der Waals surface area contributed by atoms with Gasteiger partial charge in [0.15, 0.2) is 0 Å². The molecule has 0 aliphatic carbocycles. The van der Waals surface area contributed by atoms with Gasteiger partial charge in [-0.05, 0) is 24.3 Å². The quantitative estimate of drug-likeness (QED) is 0.734. The standard InChI is InChI=1S/C14H15N/c1-2-10-14(11-6-7-12-15-14)13-8-4-3-5-9-13/h2-9,11-12,15H,1,10H2. The van der Waals surface area contributed by atoms with Crippen LogP contribution in [0.15, 0.2) is 67.4 Å². The van der Waals surface area contributed by atoms with Gasteiger partial charge in [0.2, 0.25) is 0 Å². The van der Waals surface area contributed by atoms with E-state index in [1.165, 1.54) is 5.56 Å². The Morgan fingerprint density at radius 2 is 2.00 bits per heavy atom. The molecule has 1 nitrogen and oxygen atoms in total. The van der Waals surface area contributed by atoms with Crippen molar-refractivity contribution in [3.8, 4) is 0 Å². The molecule has 15 heavy (non-hydrogen) atoms. The van der Waals surface area contributed by atoms with Crippen molar-refractivity contribution in [1.82, 2.24) is 5.32 Å². The van der Waals surface area contributed by atoms with Crippen LogP contribution in [0.4, 0.5) is 0 Å². The van der Waals surface area contributed by atoms with Gasteiger partial charge in [-0.15, -0.1) is 6.58 Å². The Morgan fingerprint density at radius 1 is 1.20 bits per heavy atom. The third-order valence-electron chi connectivity index (χ3n) is 2.68. The van der Waals surface area contributed by atoms with Crippen molar-refractivity contribution in [3.63, 3.8) is 0 Å². The van der Waals surface area contributed by atoms with Crippen LogP contribution in [0, 0.1) is 0 Å². The van der Waals surface area contributed by atoms with Gasteiger partial charge in [0.1, 0.15) is 0 Å². The maximum Gasteiger partial charge on any atom is 0.0842 e. The fourth-order valence-corrected chi connectivity index (χ4v) is 1.91. The number of dihydropyridines is 1. The van der Waals surface area contributed by atoms with E-state index in [9.17, 15) is 0 Å². The predicted molar refractivity (Wildman–Crippen MR) is 64.3 cm³/mol. The van der Waals surface area contributed by atoms with E-state index in [1.807, 2.05) is 24.4 Å². The van der Waals surface area contributed by atoms with Crippen molar-refractivity contribution in [1.29, 1.82) is 0 Å². The van der Waals surface area contributed by atoms with E-state index in [0.29, 0.717) is 0 Å². The summed E-state index contributed by atoms with van der Waals surface area (Å²) < 4.78 is 0. The minimum Gasteiger partial charge on any atom is -0.378 e. The molecule has 0 radical (unpaired) electrons. The summed E-state index contributed by atoms with van der Waals surface area (Å²) in [4.78, 5) is 0. The van der Waals surface area contributed by atoms with Crippen LogP contribution >= 0.6 is 0 Å². The van der Waals surface area contributed by atoms with Gasteiger partial charge >= 0.3 is 0 Å². The lowest BCUT2D eigenvalue weighted by molar-refractivity contribution is 0.478. The zero-order valence-corrected chi connectivity index (χ0v) is 8.69. The maximum atomic E-state index is 3.83. The van der Waals surface area contributed by atoms with Gasteiger partial charge in [-0.1, -0.05) is 48.6 Å². The molecule has 1 aliphatic heterocycles. The lowest BCUT2D eigenvalue weighted by Gasteiger charge is -2.32. The molecule has 1 heterocycles. The Balaban J connectivity index is 2.39. The number of hydrogen-bond donors (Lipinski definition) is 1. The highest BCUT2D eigenvalue weighted by atomic mass is 14.9. The second kappa shape index (κ2) is 4.18. The zero-order valence-electron chi connectivity index (χ0n) is 8.69. The first-order valence-corrected chi connectivity index (χ1v) is 5.16. The minimum absolute atomic E-state index is 0.113. The molecule has 1 aliphatic rings. The molecule has 0 aromatic heterocycles. The van der Waals surface area contributed by atoms with E-state index >= 15 is 0 Å². The lowest BCUT2D eigenvalue weighted by Crippen LogP contribution is -2.37. The summed E-state index contributed by atoms with van der Waals surface area (Å²) in [6.07, 6.45) is 11.1. The summed E-state index contributed by atoms with van der Waals surface area (Å²) in [5, 5.41) is 3.41. The average molecular weight is 197 g/mol. The summed E-state index contributed by atoms with van der Waals surface area (Å²) in [6, 6.07) is 10.4. The Kier molecular flexibility index (Phi) is 2.72. The SMILES string of the molecule is C=CCC1(c2ccccc2)C=CC=CN1. The van der Waals surface area contributed by atoms with E-state index in [-0.39, 0.29) is 5.54 Å². The monoisotopic (exact) mass is 197 g/mol. The molecule has 0 fully saturated rings. The van der Waals surface area contributed by atoms with E-state index in [1.54, 1.807) is 0 Å². The first-order chi connectivity index (χ1) is 7.37. The average Bonchev–Trinajstić information content (AvgIpc) is 2.32.